The molecule has 0 unspecified atom stereocenters. The number of hydrogen-bond donors (Lipinski definition) is 2. The van der Waals surface area contributed by atoms with Crippen LogP contribution in [0.25, 0.3) is 11.0 Å². The molecule has 0 saturated carbocycles. The van der Waals surface area contributed by atoms with Gasteiger partial charge in [0.15, 0.2) is 5.65 Å². The van der Waals surface area contributed by atoms with Crippen LogP contribution in [0.1, 0.15) is 23.0 Å². The molecule has 25 heavy (non-hydrogen) atoms. The van der Waals surface area contributed by atoms with Gasteiger partial charge in [-0.1, -0.05) is 13.0 Å². The van der Waals surface area contributed by atoms with Crippen LogP contribution >= 0.6 is 0 Å². The number of methoxy groups -OCH3 is 1. The summed E-state index contributed by atoms with van der Waals surface area (Å²) in [7, 11) is 3.44. The van der Waals surface area contributed by atoms with E-state index in [1.54, 1.807) is 36.1 Å². The number of anilines is 1. The minimum Gasteiger partial charge on any atom is -0.491 e. The third-order valence-corrected chi connectivity index (χ3v) is 3.84. The first kappa shape index (κ1) is 17.0. The molecule has 132 valence electrons. The number of nitrogens with zero attached hydrogens (tertiary/aromatic N) is 3. The van der Waals surface area contributed by atoms with E-state index in [1.165, 1.54) is 0 Å². The number of carbonyl (C=O) groups excluding carboxylic acids is 1. The van der Waals surface area contributed by atoms with Crippen LogP contribution in [-0.4, -0.2) is 46.2 Å². The lowest BCUT2D eigenvalue weighted by atomic mass is 10.2. The lowest BCUT2D eigenvalue weighted by molar-refractivity contribution is 0.102. The third kappa shape index (κ3) is 3.48. The summed E-state index contributed by atoms with van der Waals surface area (Å²) in [5.41, 5.74) is 2.10. The number of H-pyrrole nitrogens is 1. The van der Waals surface area contributed by atoms with Gasteiger partial charge in [0.05, 0.1) is 17.7 Å². The smallest absolute Gasteiger partial charge is 0.256 e. The molecule has 8 nitrogen and oxygen atoms in total. The van der Waals surface area contributed by atoms with Crippen LogP contribution < -0.4 is 10.1 Å². The quantitative estimate of drug-likeness (QED) is 0.641. The van der Waals surface area contributed by atoms with Crippen molar-refractivity contribution in [2.75, 3.05) is 25.6 Å². The summed E-state index contributed by atoms with van der Waals surface area (Å²) in [4.78, 5) is 12.6. The van der Waals surface area contributed by atoms with Gasteiger partial charge in [-0.25, -0.2) is 4.68 Å². The highest BCUT2D eigenvalue weighted by Gasteiger charge is 2.17. The average Bonchev–Trinajstić information content (AvgIpc) is 3.17. The van der Waals surface area contributed by atoms with E-state index in [-0.39, 0.29) is 5.91 Å². The normalized spacial score (nSPS) is 11.0. The van der Waals surface area contributed by atoms with E-state index in [2.05, 4.69) is 20.6 Å². The molecule has 0 fully saturated rings. The first-order valence-electron chi connectivity index (χ1n) is 8.07. The van der Waals surface area contributed by atoms with Crippen molar-refractivity contribution in [2.45, 2.75) is 13.3 Å². The molecule has 0 aliphatic rings. The van der Waals surface area contributed by atoms with E-state index >= 15 is 0 Å². The van der Waals surface area contributed by atoms with Crippen molar-refractivity contribution in [1.82, 2.24) is 20.0 Å². The topological polar surface area (TPSA) is 94.1 Å². The predicted molar refractivity (Wildman–Crippen MR) is 94.0 cm³/mol. The summed E-state index contributed by atoms with van der Waals surface area (Å²) in [6, 6.07) is 7.01. The maximum Gasteiger partial charge on any atom is 0.256 e. The molecule has 1 amide bonds. The van der Waals surface area contributed by atoms with Crippen molar-refractivity contribution in [3.63, 3.8) is 0 Å². The van der Waals surface area contributed by atoms with Crippen molar-refractivity contribution in [1.29, 1.82) is 0 Å². The fraction of sp³-hybridized carbons (Fsp3) is 0.353. The fourth-order valence-electron chi connectivity index (χ4n) is 2.61. The molecule has 0 aliphatic carbocycles. The van der Waals surface area contributed by atoms with Gasteiger partial charge in [0.1, 0.15) is 18.2 Å². The van der Waals surface area contributed by atoms with Crippen molar-refractivity contribution in [3.05, 3.63) is 35.5 Å². The van der Waals surface area contributed by atoms with Crippen LogP contribution in [0.2, 0.25) is 0 Å². The van der Waals surface area contributed by atoms with Crippen molar-refractivity contribution >= 4 is 22.8 Å². The Labute approximate surface area is 145 Å². The summed E-state index contributed by atoms with van der Waals surface area (Å²) in [6.07, 6.45) is 0.753. The Morgan fingerprint density at radius 3 is 2.96 bits per heavy atom. The van der Waals surface area contributed by atoms with E-state index < -0.39 is 0 Å². The molecule has 0 aliphatic heterocycles. The molecule has 0 saturated heterocycles. The van der Waals surface area contributed by atoms with Gasteiger partial charge in [0, 0.05) is 19.7 Å². The Bertz CT molecular complexity index is 884. The van der Waals surface area contributed by atoms with Crippen LogP contribution in [0.3, 0.4) is 0 Å². The standard InChI is InChI=1S/C17H21N5O3/c1-4-13-14-15(19-20-16(14)22(2)21-13)18-17(23)11-6-5-7-12(10-11)25-9-8-24-3/h5-7,10H,4,8-9H2,1-3H3,(H2,18,19,20,23). The molecule has 3 rings (SSSR count). The summed E-state index contributed by atoms with van der Waals surface area (Å²) in [5, 5.41) is 15.2. The molecular weight excluding hydrogens is 322 g/mol. The monoisotopic (exact) mass is 343 g/mol. The maximum atomic E-state index is 12.6. The largest absolute Gasteiger partial charge is 0.491 e. The fourth-order valence-corrected chi connectivity index (χ4v) is 2.61. The number of nitrogens with one attached hydrogen (secondary N) is 2. The third-order valence-electron chi connectivity index (χ3n) is 3.84. The number of fused-ring (bicyclic) bond motifs is 1. The highest BCUT2D eigenvalue weighted by atomic mass is 16.5. The molecule has 0 radical (unpaired) electrons. The molecule has 0 spiro atoms. The Kier molecular flexibility index (Phi) is 4.99. The first-order chi connectivity index (χ1) is 12.1. The number of aromatic nitrogens is 4. The maximum absolute atomic E-state index is 12.6. The van der Waals surface area contributed by atoms with Crippen LogP contribution in [0.4, 0.5) is 5.82 Å². The number of benzene rings is 1. The van der Waals surface area contributed by atoms with E-state index in [0.717, 1.165) is 17.5 Å². The summed E-state index contributed by atoms with van der Waals surface area (Å²) in [6.45, 7) is 2.93. The number of rotatable bonds is 7. The zero-order valence-corrected chi connectivity index (χ0v) is 14.5. The van der Waals surface area contributed by atoms with E-state index in [1.807, 2.05) is 14.0 Å². The van der Waals surface area contributed by atoms with Gasteiger partial charge >= 0.3 is 0 Å². The second kappa shape index (κ2) is 7.35. The number of hydrogen-bond acceptors (Lipinski definition) is 5. The zero-order valence-electron chi connectivity index (χ0n) is 14.5. The minimum atomic E-state index is -0.242. The number of carbonyl (C=O) groups is 1. The molecule has 3 aromatic rings. The minimum absolute atomic E-state index is 0.242. The average molecular weight is 343 g/mol. The van der Waals surface area contributed by atoms with Crippen molar-refractivity contribution in [3.8, 4) is 5.75 Å². The number of aryl methyl sites for hydroxylation is 2. The van der Waals surface area contributed by atoms with Crippen LogP contribution in [0.5, 0.6) is 5.75 Å². The van der Waals surface area contributed by atoms with Gasteiger partial charge in [-0.05, 0) is 24.6 Å². The molecular formula is C17H21N5O3. The van der Waals surface area contributed by atoms with E-state index in [9.17, 15) is 4.79 Å². The van der Waals surface area contributed by atoms with E-state index in [4.69, 9.17) is 9.47 Å². The number of aromatic amines is 1. The lowest BCUT2D eigenvalue weighted by Gasteiger charge is -2.08. The van der Waals surface area contributed by atoms with Gasteiger partial charge in [0.25, 0.3) is 5.91 Å². The zero-order chi connectivity index (χ0) is 17.8. The Morgan fingerprint density at radius 1 is 1.36 bits per heavy atom. The molecule has 2 aromatic heterocycles. The van der Waals surface area contributed by atoms with Crippen molar-refractivity contribution < 1.29 is 14.3 Å². The van der Waals surface area contributed by atoms with Gasteiger partial charge in [-0.3, -0.25) is 9.89 Å². The van der Waals surface area contributed by atoms with E-state index in [0.29, 0.717) is 36.0 Å². The summed E-state index contributed by atoms with van der Waals surface area (Å²) >= 11 is 0. The molecule has 2 N–H and O–H groups in total. The van der Waals surface area contributed by atoms with Gasteiger partial charge in [0.2, 0.25) is 0 Å². The van der Waals surface area contributed by atoms with Gasteiger partial charge in [-0.2, -0.15) is 10.2 Å². The SMILES string of the molecule is CCc1nn(C)c2n[nH]c(NC(=O)c3cccc(OCCOC)c3)c12. The molecule has 0 bridgehead atoms. The second-order valence-electron chi connectivity index (χ2n) is 5.54. The second-order valence-corrected chi connectivity index (χ2v) is 5.54. The predicted octanol–water partition coefficient (Wildman–Crippen LogP) is 2.14. The van der Waals surface area contributed by atoms with Crippen LogP contribution in [-0.2, 0) is 18.2 Å². The Balaban J connectivity index is 1.80. The highest BCUT2D eigenvalue weighted by Crippen LogP contribution is 2.25. The van der Waals surface area contributed by atoms with Gasteiger partial charge < -0.3 is 14.8 Å². The Hall–Kier alpha value is -2.87. The lowest BCUT2D eigenvalue weighted by Crippen LogP contribution is -2.13. The molecule has 0 atom stereocenters. The summed E-state index contributed by atoms with van der Waals surface area (Å²) in [5.74, 6) is 0.930. The molecule has 1 aromatic carbocycles. The van der Waals surface area contributed by atoms with Crippen LogP contribution in [0.15, 0.2) is 24.3 Å². The Morgan fingerprint density at radius 2 is 2.20 bits per heavy atom. The molecule has 2 heterocycles. The number of ether oxygens (including phenoxy) is 2. The molecule has 8 heteroatoms. The van der Waals surface area contributed by atoms with Crippen LogP contribution in [0, 0.1) is 0 Å². The van der Waals surface area contributed by atoms with Crippen molar-refractivity contribution in [2.24, 2.45) is 7.05 Å². The summed E-state index contributed by atoms with van der Waals surface area (Å²) < 4.78 is 12.2. The van der Waals surface area contributed by atoms with Gasteiger partial charge in [-0.15, -0.1) is 0 Å². The first-order valence-corrected chi connectivity index (χ1v) is 8.07. The number of amides is 1. The highest BCUT2D eigenvalue weighted by molar-refractivity contribution is 6.08.